The topological polar surface area (TPSA) is 102 Å². The molecule has 0 aliphatic heterocycles. The molecule has 0 radical (unpaired) electrons. The van der Waals surface area contributed by atoms with Crippen LogP contribution in [0.25, 0.3) is 0 Å². The van der Waals surface area contributed by atoms with Gasteiger partial charge in [-0.25, -0.2) is 4.68 Å². The van der Waals surface area contributed by atoms with Crippen LogP contribution in [-0.4, -0.2) is 34.5 Å². The number of carboxylic acid groups (broad SMARTS) is 1. The van der Waals surface area contributed by atoms with Crippen molar-refractivity contribution in [2.75, 3.05) is 0 Å². The molecule has 9 heteroatoms. The fraction of sp³-hybridized carbons (Fsp3) is 0.250. The maximum atomic E-state index is 12.2. The summed E-state index contributed by atoms with van der Waals surface area (Å²) in [6.45, 7) is -0.567. The van der Waals surface area contributed by atoms with Gasteiger partial charge in [0.25, 0.3) is 0 Å². The van der Waals surface area contributed by atoms with Crippen LogP contribution in [0, 0.1) is 0 Å². The lowest BCUT2D eigenvalue weighted by Gasteiger charge is -1.90. The third-order valence-electron chi connectivity index (χ3n) is 1.06. The smallest absolute Gasteiger partial charge is 0.353 e. The molecular formula is C4H4FN3O4S. The van der Waals surface area contributed by atoms with Crippen molar-refractivity contribution in [2.45, 2.75) is 11.6 Å². The quantitative estimate of drug-likeness (QED) is 0.642. The van der Waals surface area contributed by atoms with Crippen LogP contribution in [-0.2, 0) is 21.6 Å². The predicted octanol–water partition coefficient (Wildman–Crippen LogP) is -0.979. The zero-order valence-electron chi connectivity index (χ0n) is 6.08. The van der Waals surface area contributed by atoms with E-state index in [4.69, 9.17) is 5.11 Å². The molecule has 0 aromatic carbocycles. The number of hydrogen-bond donors (Lipinski definition) is 1. The summed E-state index contributed by atoms with van der Waals surface area (Å²) in [7, 11) is -4.91. The second-order valence-electron chi connectivity index (χ2n) is 2.09. The summed E-state index contributed by atoms with van der Waals surface area (Å²) in [5.41, 5.74) is 0. The van der Waals surface area contributed by atoms with Crippen molar-refractivity contribution in [2.24, 2.45) is 0 Å². The van der Waals surface area contributed by atoms with Gasteiger partial charge in [-0.05, 0) is 0 Å². The van der Waals surface area contributed by atoms with Crippen LogP contribution in [0.1, 0.15) is 0 Å². The molecule has 0 aliphatic carbocycles. The maximum Gasteiger partial charge on any atom is 0.353 e. The highest BCUT2D eigenvalue weighted by atomic mass is 32.3. The number of aliphatic carboxylic acids is 1. The maximum absolute atomic E-state index is 12.2. The molecule has 0 atom stereocenters. The second-order valence-corrected chi connectivity index (χ2v) is 3.38. The molecular weight excluding hydrogens is 205 g/mol. The lowest BCUT2D eigenvalue weighted by Crippen LogP contribution is -2.08. The van der Waals surface area contributed by atoms with Crippen molar-refractivity contribution in [1.82, 2.24) is 15.0 Å². The van der Waals surface area contributed by atoms with E-state index in [9.17, 15) is 17.1 Å². The van der Waals surface area contributed by atoms with E-state index in [1.54, 1.807) is 0 Å². The normalized spacial score (nSPS) is 11.5. The molecule has 1 aromatic rings. The first-order chi connectivity index (χ1) is 5.89. The minimum atomic E-state index is -4.91. The fourth-order valence-corrected chi connectivity index (χ4v) is 0.990. The molecule has 7 nitrogen and oxygen atoms in total. The zero-order valence-corrected chi connectivity index (χ0v) is 6.90. The highest BCUT2D eigenvalue weighted by molar-refractivity contribution is 7.86. The number of halogens is 1. The molecule has 0 unspecified atom stereocenters. The summed E-state index contributed by atoms with van der Waals surface area (Å²) in [4.78, 5) is 10.1. The summed E-state index contributed by atoms with van der Waals surface area (Å²) in [6, 6.07) is 0. The van der Waals surface area contributed by atoms with Gasteiger partial charge in [0.05, 0.1) is 6.20 Å². The van der Waals surface area contributed by atoms with Crippen LogP contribution >= 0.6 is 0 Å². The first kappa shape index (κ1) is 9.58. The van der Waals surface area contributed by atoms with E-state index in [-0.39, 0.29) is 0 Å². The highest BCUT2D eigenvalue weighted by Crippen LogP contribution is 2.05. The van der Waals surface area contributed by atoms with Crippen molar-refractivity contribution in [3.8, 4) is 0 Å². The van der Waals surface area contributed by atoms with Gasteiger partial charge in [0, 0.05) is 0 Å². The third kappa shape index (κ3) is 2.47. The average molecular weight is 209 g/mol. The third-order valence-corrected chi connectivity index (χ3v) is 1.75. The van der Waals surface area contributed by atoms with Gasteiger partial charge in [-0.1, -0.05) is 9.10 Å². The molecule has 13 heavy (non-hydrogen) atoms. The number of aromatic nitrogens is 3. The molecule has 1 N–H and O–H groups in total. The van der Waals surface area contributed by atoms with Crippen LogP contribution in [0.2, 0.25) is 0 Å². The molecule has 0 spiro atoms. The standard InChI is InChI=1S/C4H4FN3O4S/c5-13(11,12)3-1-8(7-6-3)2-4(9)10/h1H,2H2,(H,9,10). The Labute approximate surface area is 72.0 Å². The van der Waals surface area contributed by atoms with Gasteiger partial charge in [-0.3, -0.25) is 4.79 Å². The van der Waals surface area contributed by atoms with Gasteiger partial charge in [-0.15, -0.1) is 5.10 Å². The summed E-state index contributed by atoms with van der Waals surface area (Å²) in [5.74, 6) is -1.23. The monoisotopic (exact) mass is 209 g/mol. The predicted molar refractivity (Wildman–Crippen MR) is 36.0 cm³/mol. The summed E-state index contributed by atoms with van der Waals surface area (Å²) in [5, 5.41) is 13.4. The molecule has 0 fully saturated rings. The molecule has 0 saturated carbocycles. The number of carboxylic acids is 1. The van der Waals surface area contributed by atoms with Crippen LogP contribution in [0.5, 0.6) is 0 Å². The van der Waals surface area contributed by atoms with E-state index >= 15 is 0 Å². The van der Waals surface area contributed by atoms with Crippen molar-refractivity contribution >= 4 is 16.2 Å². The number of nitrogens with zero attached hydrogens (tertiary/aromatic N) is 3. The van der Waals surface area contributed by atoms with E-state index in [1.807, 2.05) is 0 Å². The van der Waals surface area contributed by atoms with Gasteiger partial charge >= 0.3 is 16.2 Å². The number of hydrogen-bond acceptors (Lipinski definition) is 5. The van der Waals surface area contributed by atoms with Crippen LogP contribution in [0.4, 0.5) is 3.89 Å². The Morgan fingerprint density at radius 3 is 2.69 bits per heavy atom. The van der Waals surface area contributed by atoms with Crippen LogP contribution < -0.4 is 0 Å². The van der Waals surface area contributed by atoms with E-state index in [1.165, 1.54) is 0 Å². The number of carbonyl (C=O) groups is 1. The van der Waals surface area contributed by atoms with Gasteiger partial charge < -0.3 is 5.11 Å². The Kier molecular flexibility index (Phi) is 2.28. The SMILES string of the molecule is O=C(O)Cn1cc(S(=O)(=O)F)nn1. The summed E-state index contributed by atoms with van der Waals surface area (Å²) in [6.07, 6.45) is 0.698. The lowest BCUT2D eigenvalue weighted by atomic mass is 10.7. The van der Waals surface area contributed by atoms with Gasteiger partial charge in [0.2, 0.25) is 5.03 Å². The van der Waals surface area contributed by atoms with Crippen LogP contribution in [0.15, 0.2) is 11.2 Å². The Bertz CT molecular complexity index is 424. The summed E-state index contributed by atoms with van der Waals surface area (Å²) >= 11 is 0. The largest absolute Gasteiger partial charge is 0.480 e. The Morgan fingerprint density at radius 1 is 1.69 bits per heavy atom. The first-order valence-corrected chi connectivity index (χ1v) is 4.34. The molecule has 0 saturated heterocycles. The number of rotatable bonds is 3. The molecule has 0 amide bonds. The second kappa shape index (κ2) is 3.09. The molecule has 1 rings (SSSR count). The van der Waals surface area contributed by atoms with E-state index in [0.717, 1.165) is 0 Å². The van der Waals surface area contributed by atoms with E-state index in [2.05, 4.69) is 10.3 Å². The van der Waals surface area contributed by atoms with Gasteiger partial charge in [0.1, 0.15) is 6.54 Å². The summed E-state index contributed by atoms with van der Waals surface area (Å²) < 4.78 is 33.3. The minimum absolute atomic E-state index is 0.567. The highest BCUT2D eigenvalue weighted by Gasteiger charge is 2.17. The van der Waals surface area contributed by atoms with E-state index in [0.29, 0.717) is 10.9 Å². The van der Waals surface area contributed by atoms with Crippen molar-refractivity contribution in [3.63, 3.8) is 0 Å². The molecule has 1 aromatic heterocycles. The van der Waals surface area contributed by atoms with E-state index < -0.39 is 27.8 Å². The molecule has 72 valence electrons. The van der Waals surface area contributed by atoms with Gasteiger partial charge in [0.15, 0.2) is 0 Å². The van der Waals surface area contributed by atoms with Gasteiger partial charge in [-0.2, -0.15) is 8.42 Å². The Hall–Kier alpha value is -1.51. The first-order valence-electron chi connectivity index (χ1n) is 2.96. The fourth-order valence-electron chi connectivity index (χ4n) is 0.608. The van der Waals surface area contributed by atoms with Crippen molar-refractivity contribution in [3.05, 3.63) is 6.20 Å². The van der Waals surface area contributed by atoms with Crippen LogP contribution in [0.3, 0.4) is 0 Å². The van der Waals surface area contributed by atoms with Crippen molar-refractivity contribution < 1.29 is 22.2 Å². The van der Waals surface area contributed by atoms with Crippen molar-refractivity contribution in [1.29, 1.82) is 0 Å². The lowest BCUT2D eigenvalue weighted by molar-refractivity contribution is -0.137. The Balaban J connectivity index is 2.94. The zero-order chi connectivity index (χ0) is 10.1. The molecule has 1 heterocycles. The minimum Gasteiger partial charge on any atom is -0.480 e. The average Bonchev–Trinajstić information content (AvgIpc) is 2.32. The molecule has 0 bridgehead atoms. The molecule has 0 aliphatic rings. The Morgan fingerprint density at radius 2 is 2.31 bits per heavy atom.